The van der Waals surface area contributed by atoms with Gasteiger partial charge in [-0.2, -0.15) is 5.10 Å². The molecular weight excluding hydrogens is 230 g/mol. The van der Waals surface area contributed by atoms with Gasteiger partial charge in [0.25, 0.3) is 0 Å². The van der Waals surface area contributed by atoms with Gasteiger partial charge in [-0.1, -0.05) is 5.21 Å². The summed E-state index contributed by atoms with van der Waals surface area (Å²) in [6, 6.07) is 0.294. The summed E-state index contributed by atoms with van der Waals surface area (Å²) in [4.78, 5) is 4.25. The van der Waals surface area contributed by atoms with Crippen molar-refractivity contribution in [3.8, 4) is 0 Å². The fourth-order valence-corrected chi connectivity index (χ4v) is 1.78. The second-order valence-corrected chi connectivity index (χ2v) is 4.51. The van der Waals surface area contributed by atoms with E-state index in [2.05, 4.69) is 34.2 Å². The van der Waals surface area contributed by atoms with Gasteiger partial charge in [-0.05, 0) is 33.2 Å². The lowest BCUT2D eigenvalue weighted by molar-refractivity contribution is 0.485. The zero-order valence-corrected chi connectivity index (χ0v) is 10.8. The summed E-state index contributed by atoms with van der Waals surface area (Å²) in [7, 11) is 0. The molecule has 0 saturated carbocycles. The van der Waals surface area contributed by atoms with E-state index in [1.807, 2.05) is 10.9 Å². The van der Waals surface area contributed by atoms with Gasteiger partial charge in [-0.3, -0.25) is 0 Å². The Labute approximate surface area is 106 Å². The van der Waals surface area contributed by atoms with E-state index in [1.165, 1.54) is 0 Å². The first-order valence-electron chi connectivity index (χ1n) is 6.18. The standard InChI is InChI=1S/C11H19N7/c1-9(2)18-11(13-8-14-18)7-17-6-10(15-16-17)4-3-5-12/h6,8-9H,3-5,7,12H2,1-2H3. The fourth-order valence-electron chi connectivity index (χ4n) is 1.78. The van der Waals surface area contributed by atoms with Crippen LogP contribution in [0.3, 0.4) is 0 Å². The first-order valence-corrected chi connectivity index (χ1v) is 6.18. The molecule has 0 aliphatic heterocycles. The summed E-state index contributed by atoms with van der Waals surface area (Å²) in [6.07, 6.45) is 5.31. The van der Waals surface area contributed by atoms with Crippen molar-refractivity contribution in [3.05, 3.63) is 24.0 Å². The van der Waals surface area contributed by atoms with Crippen LogP contribution in [-0.2, 0) is 13.0 Å². The van der Waals surface area contributed by atoms with Crippen molar-refractivity contribution >= 4 is 0 Å². The van der Waals surface area contributed by atoms with Crippen molar-refractivity contribution in [2.45, 2.75) is 39.3 Å². The Morgan fingerprint density at radius 1 is 1.39 bits per heavy atom. The highest BCUT2D eigenvalue weighted by molar-refractivity contribution is 4.95. The first kappa shape index (κ1) is 12.7. The molecule has 0 fully saturated rings. The molecule has 0 saturated heterocycles. The maximum Gasteiger partial charge on any atom is 0.148 e. The lowest BCUT2D eigenvalue weighted by atomic mass is 10.2. The van der Waals surface area contributed by atoms with Crippen LogP contribution < -0.4 is 5.73 Å². The van der Waals surface area contributed by atoms with Gasteiger partial charge < -0.3 is 5.73 Å². The smallest absolute Gasteiger partial charge is 0.148 e. The van der Waals surface area contributed by atoms with Crippen LogP contribution in [0, 0.1) is 0 Å². The summed E-state index contributed by atoms with van der Waals surface area (Å²) in [5, 5.41) is 12.4. The van der Waals surface area contributed by atoms with Gasteiger partial charge in [-0.25, -0.2) is 14.3 Å². The number of nitrogens with zero attached hydrogens (tertiary/aromatic N) is 6. The average Bonchev–Trinajstić information content (AvgIpc) is 2.96. The molecule has 2 N–H and O–H groups in total. The summed E-state index contributed by atoms with van der Waals surface area (Å²) in [6.45, 7) is 5.42. The largest absolute Gasteiger partial charge is 0.330 e. The quantitative estimate of drug-likeness (QED) is 0.800. The molecule has 0 aliphatic carbocycles. The minimum Gasteiger partial charge on any atom is -0.330 e. The van der Waals surface area contributed by atoms with Gasteiger partial charge in [0.2, 0.25) is 0 Å². The molecule has 2 heterocycles. The Balaban J connectivity index is 2.04. The number of aryl methyl sites for hydroxylation is 1. The Morgan fingerprint density at radius 2 is 2.22 bits per heavy atom. The van der Waals surface area contributed by atoms with E-state index in [9.17, 15) is 0 Å². The molecule has 18 heavy (non-hydrogen) atoms. The Hall–Kier alpha value is -1.76. The fraction of sp³-hybridized carbons (Fsp3) is 0.636. The maximum atomic E-state index is 5.47. The molecule has 0 spiro atoms. The van der Waals surface area contributed by atoms with E-state index in [1.54, 1.807) is 11.0 Å². The van der Waals surface area contributed by atoms with E-state index in [4.69, 9.17) is 5.73 Å². The van der Waals surface area contributed by atoms with E-state index in [-0.39, 0.29) is 0 Å². The van der Waals surface area contributed by atoms with Crippen molar-refractivity contribution in [2.75, 3.05) is 6.54 Å². The highest BCUT2D eigenvalue weighted by Crippen LogP contribution is 2.07. The Morgan fingerprint density at radius 3 is 2.94 bits per heavy atom. The van der Waals surface area contributed by atoms with Crippen molar-refractivity contribution in [1.82, 2.24) is 29.8 Å². The number of nitrogens with two attached hydrogens (primary N) is 1. The van der Waals surface area contributed by atoms with Gasteiger partial charge in [0.05, 0.1) is 5.69 Å². The molecule has 2 aromatic rings. The third kappa shape index (κ3) is 2.92. The molecule has 0 amide bonds. The van der Waals surface area contributed by atoms with Crippen LogP contribution in [0.2, 0.25) is 0 Å². The third-order valence-electron chi connectivity index (χ3n) is 2.66. The van der Waals surface area contributed by atoms with Crippen LogP contribution in [0.15, 0.2) is 12.5 Å². The second-order valence-electron chi connectivity index (χ2n) is 4.51. The molecule has 0 atom stereocenters. The lowest BCUT2D eigenvalue weighted by Gasteiger charge is -2.08. The third-order valence-corrected chi connectivity index (χ3v) is 2.66. The molecule has 7 heteroatoms. The summed E-state index contributed by atoms with van der Waals surface area (Å²) >= 11 is 0. The molecule has 0 unspecified atom stereocenters. The Kier molecular flexibility index (Phi) is 4.03. The molecule has 2 aromatic heterocycles. The van der Waals surface area contributed by atoms with Crippen molar-refractivity contribution in [3.63, 3.8) is 0 Å². The zero-order valence-electron chi connectivity index (χ0n) is 10.8. The predicted molar refractivity (Wildman–Crippen MR) is 66.9 cm³/mol. The zero-order chi connectivity index (χ0) is 13.0. The van der Waals surface area contributed by atoms with Gasteiger partial charge in [-0.15, -0.1) is 5.10 Å². The van der Waals surface area contributed by atoms with Crippen LogP contribution in [0.4, 0.5) is 0 Å². The van der Waals surface area contributed by atoms with Crippen molar-refractivity contribution in [1.29, 1.82) is 0 Å². The molecule has 0 aliphatic rings. The van der Waals surface area contributed by atoms with E-state index in [0.29, 0.717) is 19.1 Å². The van der Waals surface area contributed by atoms with Crippen molar-refractivity contribution in [2.24, 2.45) is 5.73 Å². The van der Waals surface area contributed by atoms with E-state index in [0.717, 1.165) is 24.4 Å². The van der Waals surface area contributed by atoms with E-state index < -0.39 is 0 Å². The van der Waals surface area contributed by atoms with Crippen LogP contribution in [0.1, 0.15) is 37.8 Å². The first-order chi connectivity index (χ1) is 8.70. The number of hydrogen-bond donors (Lipinski definition) is 1. The summed E-state index contributed by atoms with van der Waals surface area (Å²) < 4.78 is 3.68. The van der Waals surface area contributed by atoms with Crippen LogP contribution in [0.25, 0.3) is 0 Å². The highest BCUT2D eigenvalue weighted by atomic mass is 15.4. The normalized spacial score (nSPS) is 11.3. The van der Waals surface area contributed by atoms with Crippen molar-refractivity contribution < 1.29 is 0 Å². The lowest BCUT2D eigenvalue weighted by Crippen LogP contribution is -2.12. The van der Waals surface area contributed by atoms with Gasteiger partial charge in [0.15, 0.2) is 0 Å². The minimum atomic E-state index is 0.294. The Bertz CT molecular complexity index is 485. The van der Waals surface area contributed by atoms with Gasteiger partial charge >= 0.3 is 0 Å². The molecule has 0 radical (unpaired) electrons. The molecular formula is C11H19N7. The van der Waals surface area contributed by atoms with Gasteiger partial charge in [0, 0.05) is 12.2 Å². The average molecular weight is 249 g/mol. The van der Waals surface area contributed by atoms with Gasteiger partial charge in [0.1, 0.15) is 18.7 Å². The molecule has 0 aromatic carbocycles. The minimum absolute atomic E-state index is 0.294. The number of rotatable bonds is 6. The summed E-state index contributed by atoms with van der Waals surface area (Å²) in [5.41, 5.74) is 6.44. The number of hydrogen-bond acceptors (Lipinski definition) is 5. The molecule has 0 bridgehead atoms. The maximum absolute atomic E-state index is 5.47. The summed E-state index contributed by atoms with van der Waals surface area (Å²) in [5.74, 6) is 0.889. The number of aromatic nitrogens is 6. The van der Waals surface area contributed by atoms with Crippen LogP contribution in [0.5, 0.6) is 0 Å². The van der Waals surface area contributed by atoms with Crippen LogP contribution >= 0.6 is 0 Å². The molecule has 2 rings (SSSR count). The second kappa shape index (κ2) is 5.72. The molecule has 7 nitrogen and oxygen atoms in total. The highest BCUT2D eigenvalue weighted by Gasteiger charge is 2.09. The van der Waals surface area contributed by atoms with Crippen LogP contribution in [-0.4, -0.2) is 36.3 Å². The monoisotopic (exact) mass is 249 g/mol. The SMILES string of the molecule is CC(C)n1ncnc1Cn1cc(CCCN)nn1. The topological polar surface area (TPSA) is 87.4 Å². The predicted octanol–water partition coefficient (Wildman–Crippen LogP) is 0.390. The molecule has 98 valence electrons. The van der Waals surface area contributed by atoms with E-state index >= 15 is 0 Å².